The molecule has 0 atom stereocenters. The topological polar surface area (TPSA) is 79.3 Å². The Labute approximate surface area is 129 Å². The van der Waals surface area contributed by atoms with Gasteiger partial charge in [0.05, 0.1) is 5.71 Å². The van der Waals surface area contributed by atoms with E-state index >= 15 is 0 Å². The number of nitrogens with one attached hydrogen (secondary N) is 2. The molecule has 1 amide bonds. The lowest BCUT2D eigenvalue weighted by atomic mass is 10.1. The van der Waals surface area contributed by atoms with Gasteiger partial charge in [-0.3, -0.25) is 4.79 Å². The Morgan fingerprint density at radius 3 is 2.41 bits per heavy atom. The van der Waals surface area contributed by atoms with Gasteiger partial charge in [-0.2, -0.15) is 5.10 Å². The number of rotatable bonds is 4. The van der Waals surface area contributed by atoms with Gasteiger partial charge in [0.1, 0.15) is 0 Å². The monoisotopic (exact) mass is 297 g/mol. The third-order valence-corrected chi connectivity index (χ3v) is 2.91. The number of carbonyl (C=O) groups excluding carboxylic acids is 1. The predicted octanol–water partition coefficient (Wildman–Crippen LogP) is 2.89. The number of hydrogen-bond donors (Lipinski definition) is 2. The van der Waals surface area contributed by atoms with Gasteiger partial charge in [0.15, 0.2) is 0 Å². The molecule has 114 valence electrons. The lowest BCUT2D eigenvalue weighted by Crippen LogP contribution is -2.07. The Kier molecular flexibility index (Phi) is 4.83. The molecular formula is C16H19N5O. The second kappa shape index (κ2) is 6.80. The minimum absolute atomic E-state index is 0.103. The molecular weight excluding hydrogens is 278 g/mol. The molecule has 2 aromatic rings. The van der Waals surface area contributed by atoms with Crippen molar-refractivity contribution >= 4 is 23.3 Å². The molecule has 0 bridgehead atoms. The summed E-state index contributed by atoms with van der Waals surface area (Å²) in [4.78, 5) is 19.6. The summed E-state index contributed by atoms with van der Waals surface area (Å²) in [6, 6.07) is 9.39. The fourth-order valence-corrected chi connectivity index (χ4v) is 2.00. The maximum absolute atomic E-state index is 11.1. The van der Waals surface area contributed by atoms with Crippen molar-refractivity contribution in [2.75, 3.05) is 10.7 Å². The normalized spacial score (nSPS) is 11.2. The highest BCUT2D eigenvalue weighted by Crippen LogP contribution is 2.12. The van der Waals surface area contributed by atoms with Crippen LogP contribution in [0.2, 0.25) is 0 Å². The van der Waals surface area contributed by atoms with Crippen LogP contribution in [0.25, 0.3) is 0 Å². The van der Waals surface area contributed by atoms with Crippen LogP contribution in [-0.4, -0.2) is 21.6 Å². The number of nitrogens with zero attached hydrogens (tertiary/aromatic N) is 3. The number of anilines is 2. The van der Waals surface area contributed by atoms with Gasteiger partial charge < -0.3 is 5.32 Å². The summed E-state index contributed by atoms with van der Waals surface area (Å²) in [5.41, 5.74) is 7.05. The third-order valence-electron chi connectivity index (χ3n) is 2.91. The van der Waals surface area contributed by atoms with Crippen LogP contribution >= 0.6 is 0 Å². The van der Waals surface area contributed by atoms with E-state index in [1.54, 1.807) is 0 Å². The van der Waals surface area contributed by atoms with Crippen LogP contribution in [0, 0.1) is 13.8 Å². The minimum Gasteiger partial charge on any atom is -0.326 e. The molecule has 0 unspecified atom stereocenters. The fraction of sp³-hybridized carbons (Fsp3) is 0.250. The standard InChI is InChI=1S/C16H19N5O/c1-10-8-11(2)18-16(17-10)21-20-12(3)14-6-5-7-15(9-14)19-13(4)22/h5-9H,1-4H3,(H,19,22)(H,17,18,21). The fourth-order valence-electron chi connectivity index (χ4n) is 2.00. The van der Waals surface area contributed by atoms with Gasteiger partial charge in [-0.1, -0.05) is 12.1 Å². The molecule has 0 saturated carbocycles. The summed E-state index contributed by atoms with van der Waals surface area (Å²) in [7, 11) is 0. The predicted molar refractivity (Wildman–Crippen MR) is 88.1 cm³/mol. The van der Waals surface area contributed by atoms with E-state index in [2.05, 4.69) is 25.8 Å². The summed E-state index contributed by atoms with van der Waals surface area (Å²) < 4.78 is 0. The first kappa shape index (κ1) is 15.6. The molecule has 0 saturated heterocycles. The second-order valence-electron chi connectivity index (χ2n) is 5.05. The van der Waals surface area contributed by atoms with E-state index in [0.717, 1.165) is 28.4 Å². The van der Waals surface area contributed by atoms with Crippen molar-refractivity contribution in [2.45, 2.75) is 27.7 Å². The van der Waals surface area contributed by atoms with E-state index in [9.17, 15) is 4.79 Å². The van der Waals surface area contributed by atoms with E-state index in [1.165, 1.54) is 6.92 Å². The van der Waals surface area contributed by atoms with Crippen molar-refractivity contribution in [2.24, 2.45) is 5.10 Å². The quantitative estimate of drug-likeness (QED) is 0.672. The molecule has 22 heavy (non-hydrogen) atoms. The smallest absolute Gasteiger partial charge is 0.243 e. The van der Waals surface area contributed by atoms with Crippen LogP contribution in [0.3, 0.4) is 0 Å². The Bertz CT molecular complexity index is 704. The van der Waals surface area contributed by atoms with Crippen LogP contribution in [0.15, 0.2) is 35.4 Å². The molecule has 0 fully saturated rings. The van der Waals surface area contributed by atoms with Gasteiger partial charge in [-0.05, 0) is 44.5 Å². The number of aryl methyl sites for hydroxylation is 2. The zero-order valence-electron chi connectivity index (χ0n) is 13.1. The van der Waals surface area contributed by atoms with Crippen LogP contribution in [0.5, 0.6) is 0 Å². The van der Waals surface area contributed by atoms with Crippen LogP contribution in [0.4, 0.5) is 11.6 Å². The first-order valence-electron chi connectivity index (χ1n) is 6.94. The molecule has 0 aliphatic carbocycles. The van der Waals surface area contributed by atoms with Crippen LogP contribution in [-0.2, 0) is 4.79 Å². The van der Waals surface area contributed by atoms with Crippen LogP contribution < -0.4 is 10.7 Å². The van der Waals surface area contributed by atoms with Gasteiger partial charge in [0.25, 0.3) is 0 Å². The molecule has 0 aliphatic rings. The van der Waals surface area contributed by atoms with Gasteiger partial charge in [-0.15, -0.1) is 0 Å². The van der Waals surface area contributed by atoms with Gasteiger partial charge >= 0.3 is 0 Å². The number of amides is 1. The average Bonchev–Trinajstić information content (AvgIpc) is 2.43. The third kappa shape index (κ3) is 4.37. The molecule has 2 N–H and O–H groups in total. The molecule has 0 aliphatic heterocycles. The highest BCUT2D eigenvalue weighted by Gasteiger charge is 2.02. The number of aromatic nitrogens is 2. The van der Waals surface area contributed by atoms with E-state index in [0.29, 0.717) is 5.95 Å². The number of hydrogen-bond acceptors (Lipinski definition) is 5. The summed E-state index contributed by atoms with van der Waals surface area (Å²) in [6.07, 6.45) is 0. The maximum Gasteiger partial charge on any atom is 0.243 e. The molecule has 6 heteroatoms. The highest BCUT2D eigenvalue weighted by molar-refractivity contribution is 6.00. The van der Waals surface area contributed by atoms with Crippen LogP contribution in [0.1, 0.15) is 30.8 Å². The van der Waals surface area contributed by atoms with Crippen molar-refractivity contribution in [3.05, 3.63) is 47.3 Å². The Morgan fingerprint density at radius 2 is 1.77 bits per heavy atom. The Balaban J connectivity index is 2.16. The van der Waals surface area contributed by atoms with Gasteiger partial charge in [0, 0.05) is 24.0 Å². The summed E-state index contributed by atoms with van der Waals surface area (Å²) in [6.45, 7) is 7.18. The number of hydrazone groups is 1. The highest BCUT2D eigenvalue weighted by atomic mass is 16.1. The molecule has 0 spiro atoms. The zero-order chi connectivity index (χ0) is 16.1. The first-order valence-corrected chi connectivity index (χ1v) is 6.94. The van der Waals surface area contributed by atoms with E-state index in [-0.39, 0.29) is 5.91 Å². The average molecular weight is 297 g/mol. The molecule has 0 radical (unpaired) electrons. The van der Waals surface area contributed by atoms with Gasteiger partial charge in [0.2, 0.25) is 11.9 Å². The number of carbonyl (C=O) groups is 1. The van der Waals surface area contributed by atoms with Crippen molar-refractivity contribution < 1.29 is 4.79 Å². The van der Waals surface area contributed by atoms with E-state index in [4.69, 9.17) is 0 Å². The lowest BCUT2D eigenvalue weighted by Gasteiger charge is -2.06. The molecule has 1 heterocycles. The molecule has 1 aromatic carbocycles. The zero-order valence-corrected chi connectivity index (χ0v) is 13.1. The first-order chi connectivity index (χ1) is 10.4. The van der Waals surface area contributed by atoms with Crippen molar-refractivity contribution in [3.63, 3.8) is 0 Å². The van der Waals surface area contributed by atoms with Crippen molar-refractivity contribution in [1.29, 1.82) is 0 Å². The molecule has 1 aromatic heterocycles. The lowest BCUT2D eigenvalue weighted by molar-refractivity contribution is -0.114. The minimum atomic E-state index is -0.103. The summed E-state index contributed by atoms with van der Waals surface area (Å²) in [5, 5.41) is 7.05. The second-order valence-corrected chi connectivity index (χ2v) is 5.05. The Morgan fingerprint density at radius 1 is 1.09 bits per heavy atom. The summed E-state index contributed by atoms with van der Waals surface area (Å²) >= 11 is 0. The van der Waals surface area contributed by atoms with E-state index in [1.807, 2.05) is 51.1 Å². The maximum atomic E-state index is 11.1. The largest absolute Gasteiger partial charge is 0.326 e. The molecule has 6 nitrogen and oxygen atoms in total. The molecule has 2 rings (SSSR count). The SMILES string of the molecule is CC(=O)Nc1cccc(C(C)=NNc2nc(C)cc(C)n2)c1. The Hall–Kier alpha value is -2.76. The van der Waals surface area contributed by atoms with Crippen molar-refractivity contribution in [1.82, 2.24) is 9.97 Å². The van der Waals surface area contributed by atoms with E-state index < -0.39 is 0 Å². The number of benzene rings is 1. The summed E-state index contributed by atoms with van der Waals surface area (Å²) in [5.74, 6) is 0.364. The van der Waals surface area contributed by atoms with Crippen molar-refractivity contribution in [3.8, 4) is 0 Å². The van der Waals surface area contributed by atoms with Gasteiger partial charge in [-0.25, -0.2) is 15.4 Å².